The van der Waals surface area contributed by atoms with Gasteiger partial charge in [-0.2, -0.15) is 0 Å². The number of hydrogen-bond acceptors (Lipinski definition) is 2. The Kier molecular flexibility index (Phi) is 4.33. The molecule has 5 heteroatoms. The zero-order valence-corrected chi connectivity index (χ0v) is 14.0. The summed E-state index contributed by atoms with van der Waals surface area (Å²) in [6, 6.07) is 14.3. The third-order valence-electron chi connectivity index (χ3n) is 4.62. The van der Waals surface area contributed by atoms with Crippen molar-refractivity contribution in [3.05, 3.63) is 64.7 Å². The fourth-order valence-corrected chi connectivity index (χ4v) is 2.92. The van der Waals surface area contributed by atoms with E-state index in [1.54, 1.807) is 43.3 Å². The number of amides is 1. The third-order valence-corrected chi connectivity index (χ3v) is 4.87. The first-order chi connectivity index (χ1) is 11.4. The van der Waals surface area contributed by atoms with Crippen LogP contribution in [0.1, 0.15) is 36.8 Å². The van der Waals surface area contributed by atoms with Crippen molar-refractivity contribution in [2.24, 2.45) is 0 Å². The molecule has 1 atom stereocenters. The van der Waals surface area contributed by atoms with E-state index in [0.717, 1.165) is 18.4 Å². The van der Waals surface area contributed by atoms with Gasteiger partial charge in [-0.05, 0) is 55.2 Å². The number of aliphatic carboxylic acids is 1. The van der Waals surface area contributed by atoms with Crippen LogP contribution < -0.4 is 5.32 Å². The van der Waals surface area contributed by atoms with Crippen molar-refractivity contribution in [2.75, 3.05) is 5.32 Å². The van der Waals surface area contributed by atoms with E-state index in [9.17, 15) is 9.59 Å². The Morgan fingerprint density at radius 2 is 1.67 bits per heavy atom. The van der Waals surface area contributed by atoms with Gasteiger partial charge >= 0.3 is 5.97 Å². The summed E-state index contributed by atoms with van der Waals surface area (Å²) in [4.78, 5) is 23.7. The molecule has 1 aliphatic rings. The lowest BCUT2D eigenvalue weighted by Crippen LogP contribution is -2.27. The van der Waals surface area contributed by atoms with Gasteiger partial charge in [-0.3, -0.25) is 9.59 Å². The zero-order chi connectivity index (χ0) is 17.3. The standard InChI is InChI=1S/C19H18ClNO3/c1-12(17(22)23)13-2-8-16(9-3-13)21-18(24)19(10-11-19)14-4-6-15(20)7-5-14/h2-9,12H,10-11H2,1H3,(H,21,24)(H,22,23). The Balaban J connectivity index is 1.73. The van der Waals surface area contributed by atoms with Crippen LogP contribution in [0.2, 0.25) is 5.02 Å². The highest BCUT2D eigenvalue weighted by Gasteiger charge is 2.51. The van der Waals surface area contributed by atoms with Crippen molar-refractivity contribution in [1.82, 2.24) is 0 Å². The summed E-state index contributed by atoms with van der Waals surface area (Å²) in [5.74, 6) is -1.48. The normalized spacial score (nSPS) is 16.2. The topological polar surface area (TPSA) is 66.4 Å². The number of rotatable bonds is 5. The molecule has 0 heterocycles. The lowest BCUT2D eigenvalue weighted by molar-refractivity contribution is -0.138. The van der Waals surface area contributed by atoms with E-state index in [-0.39, 0.29) is 5.91 Å². The molecule has 1 fully saturated rings. The average molecular weight is 344 g/mol. The lowest BCUT2D eigenvalue weighted by Gasteiger charge is -2.16. The van der Waals surface area contributed by atoms with Crippen LogP contribution in [-0.4, -0.2) is 17.0 Å². The lowest BCUT2D eigenvalue weighted by atomic mass is 9.95. The first-order valence-electron chi connectivity index (χ1n) is 7.83. The van der Waals surface area contributed by atoms with Crippen LogP contribution in [-0.2, 0) is 15.0 Å². The quantitative estimate of drug-likeness (QED) is 0.855. The Labute approximate surface area is 145 Å². The van der Waals surface area contributed by atoms with Crippen LogP contribution >= 0.6 is 11.6 Å². The maximum absolute atomic E-state index is 12.7. The van der Waals surface area contributed by atoms with Crippen molar-refractivity contribution < 1.29 is 14.7 Å². The largest absolute Gasteiger partial charge is 0.481 e. The molecule has 0 spiro atoms. The molecule has 2 aromatic carbocycles. The molecule has 124 valence electrons. The highest BCUT2D eigenvalue weighted by atomic mass is 35.5. The number of benzene rings is 2. The molecule has 1 unspecified atom stereocenters. The molecule has 0 radical (unpaired) electrons. The minimum atomic E-state index is -0.869. The maximum Gasteiger partial charge on any atom is 0.310 e. The van der Waals surface area contributed by atoms with Crippen molar-refractivity contribution in [2.45, 2.75) is 31.1 Å². The Morgan fingerprint density at radius 3 is 2.17 bits per heavy atom. The molecule has 0 saturated heterocycles. The number of anilines is 1. The van der Waals surface area contributed by atoms with Gasteiger partial charge in [0.1, 0.15) is 0 Å². The summed E-state index contributed by atoms with van der Waals surface area (Å²) in [5, 5.41) is 12.6. The molecule has 24 heavy (non-hydrogen) atoms. The van der Waals surface area contributed by atoms with E-state index < -0.39 is 17.3 Å². The molecule has 1 amide bonds. The number of hydrogen-bond donors (Lipinski definition) is 2. The Bertz CT molecular complexity index is 764. The molecular formula is C19H18ClNO3. The van der Waals surface area contributed by atoms with Gasteiger partial charge in [-0.1, -0.05) is 35.9 Å². The molecule has 0 bridgehead atoms. The van der Waals surface area contributed by atoms with Gasteiger partial charge in [0.2, 0.25) is 5.91 Å². The van der Waals surface area contributed by atoms with Crippen LogP contribution in [0.4, 0.5) is 5.69 Å². The summed E-state index contributed by atoms with van der Waals surface area (Å²) in [6.45, 7) is 1.63. The fraction of sp³-hybridized carbons (Fsp3) is 0.263. The minimum Gasteiger partial charge on any atom is -0.481 e. The molecule has 4 nitrogen and oxygen atoms in total. The average Bonchev–Trinajstić information content (AvgIpc) is 3.37. The van der Waals surface area contributed by atoms with Gasteiger partial charge in [0.05, 0.1) is 11.3 Å². The molecule has 1 saturated carbocycles. The number of carbonyl (C=O) groups excluding carboxylic acids is 1. The number of carboxylic acid groups (broad SMARTS) is 1. The summed E-state index contributed by atoms with van der Waals surface area (Å²) < 4.78 is 0. The first kappa shape index (κ1) is 16.5. The van der Waals surface area contributed by atoms with Gasteiger partial charge in [0, 0.05) is 10.7 Å². The monoisotopic (exact) mass is 343 g/mol. The van der Waals surface area contributed by atoms with Crippen molar-refractivity contribution in [3.63, 3.8) is 0 Å². The number of halogens is 1. The van der Waals surface area contributed by atoms with Gasteiger partial charge < -0.3 is 10.4 Å². The van der Waals surface area contributed by atoms with Crippen LogP contribution in [0.5, 0.6) is 0 Å². The third kappa shape index (κ3) is 3.15. The summed E-state index contributed by atoms with van der Waals surface area (Å²) in [7, 11) is 0. The van der Waals surface area contributed by atoms with E-state index in [1.165, 1.54) is 0 Å². The number of carbonyl (C=O) groups is 2. The van der Waals surface area contributed by atoms with Gasteiger partial charge in [-0.15, -0.1) is 0 Å². The molecule has 2 N–H and O–H groups in total. The van der Waals surface area contributed by atoms with Crippen molar-refractivity contribution in [3.8, 4) is 0 Å². The molecule has 2 aromatic rings. The summed E-state index contributed by atoms with van der Waals surface area (Å²) in [5.41, 5.74) is 1.87. The number of nitrogens with one attached hydrogen (secondary N) is 1. The predicted molar refractivity (Wildman–Crippen MR) is 93.5 cm³/mol. The van der Waals surface area contributed by atoms with E-state index in [0.29, 0.717) is 16.3 Å². The van der Waals surface area contributed by atoms with Crippen LogP contribution in [0.25, 0.3) is 0 Å². The van der Waals surface area contributed by atoms with Gasteiger partial charge in [0.15, 0.2) is 0 Å². The Hall–Kier alpha value is -2.33. The highest BCUT2D eigenvalue weighted by molar-refractivity contribution is 6.30. The van der Waals surface area contributed by atoms with Crippen LogP contribution in [0.15, 0.2) is 48.5 Å². The molecule has 1 aliphatic carbocycles. The van der Waals surface area contributed by atoms with Crippen molar-refractivity contribution in [1.29, 1.82) is 0 Å². The van der Waals surface area contributed by atoms with E-state index >= 15 is 0 Å². The highest BCUT2D eigenvalue weighted by Crippen LogP contribution is 2.49. The smallest absolute Gasteiger partial charge is 0.310 e. The summed E-state index contributed by atoms with van der Waals surface area (Å²) >= 11 is 5.91. The van der Waals surface area contributed by atoms with Crippen LogP contribution in [0, 0.1) is 0 Å². The Morgan fingerprint density at radius 1 is 1.08 bits per heavy atom. The SMILES string of the molecule is CC(C(=O)O)c1ccc(NC(=O)C2(c3ccc(Cl)cc3)CC2)cc1. The van der Waals surface area contributed by atoms with Crippen molar-refractivity contribution >= 4 is 29.2 Å². The number of carboxylic acids is 1. The van der Waals surface area contributed by atoms with Gasteiger partial charge in [-0.25, -0.2) is 0 Å². The van der Waals surface area contributed by atoms with E-state index in [4.69, 9.17) is 16.7 Å². The summed E-state index contributed by atoms with van der Waals surface area (Å²) in [6.07, 6.45) is 1.63. The van der Waals surface area contributed by atoms with Crippen LogP contribution in [0.3, 0.4) is 0 Å². The van der Waals surface area contributed by atoms with E-state index in [1.807, 2.05) is 12.1 Å². The molecule has 0 aromatic heterocycles. The maximum atomic E-state index is 12.7. The molecule has 0 aliphatic heterocycles. The second-order valence-corrected chi connectivity index (χ2v) is 6.66. The second-order valence-electron chi connectivity index (χ2n) is 6.23. The first-order valence-corrected chi connectivity index (χ1v) is 8.20. The fourth-order valence-electron chi connectivity index (χ4n) is 2.79. The minimum absolute atomic E-state index is 0.0381. The second kappa shape index (κ2) is 6.29. The molecule has 3 rings (SSSR count). The zero-order valence-electron chi connectivity index (χ0n) is 13.3. The molecular weight excluding hydrogens is 326 g/mol. The van der Waals surface area contributed by atoms with Gasteiger partial charge in [0.25, 0.3) is 0 Å². The predicted octanol–water partition coefficient (Wildman–Crippen LogP) is 4.20. The van der Waals surface area contributed by atoms with E-state index in [2.05, 4.69) is 5.32 Å².